The van der Waals surface area contributed by atoms with Gasteiger partial charge in [-0.1, -0.05) is 27.7 Å². The van der Waals surface area contributed by atoms with E-state index >= 15 is 0 Å². The lowest BCUT2D eigenvalue weighted by Gasteiger charge is -2.61. The maximum Gasteiger partial charge on any atom is 0.187 e. The Labute approximate surface area is 374 Å². The Balaban J connectivity index is 0.869. The fraction of sp³-hybridized carbons (Fsp3) is 1.00. The van der Waals surface area contributed by atoms with Gasteiger partial charge in [0.15, 0.2) is 24.7 Å². The Hall–Kier alpha value is -0.760. The lowest BCUT2D eigenvalue weighted by molar-refractivity contribution is -0.373. The zero-order valence-corrected chi connectivity index (χ0v) is 37.5. The highest BCUT2D eigenvalue weighted by atomic mass is 16.8. The third kappa shape index (κ3) is 8.65. The van der Waals surface area contributed by atoms with E-state index in [0.29, 0.717) is 42.9 Å². The van der Waals surface area contributed by atoms with Crippen LogP contribution in [-0.4, -0.2) is 198 Å². The van der Waals surface area contributed by atoms with Crippen LogP contribution in [0.4, 0.5) is 0 Å². The number of hydrogen-bond donors (Lipinski definition) is 12. The van der Waals surface area contributed by atoms with Gasteiger partial charge in [-0.15, -0.1) is 0 Å². The van der Waals surface area contributed by atoms with E-state index in [1.165, 1.54) is 0 Å². The summed E-state index contributed by atoms with van der Waals surface area (Å²) in [5.74, 6) is 0.532. The molecule has 19 nitrogen and oxygen atoms in total. The lowest BCUT2D eigenvalue weighted by Crippen LogP contribution is -2.65. The molecule has 19 heteroatoms. The molecule has 0 amide bonds. The molecular weight excluding hydrogens is 844 g/mol. The second-order valence-corrected chi connectivity index (χ2v) is 21.5. The summed E-state index contributed by atoms with van der Waals surface area (Å²) in [5.41, 5.74) is 0.0475. The van der Waals surface area contributed by atoms with Gasteiger partial charge < -0.3 is 94.4 Å². The summed E-state index contributed by atoms with van der Waals surface area (Å²) in [5, 5.41) is 125. The molecule has 0 aromatic carbocycles. The van der Waals surface area contributed by atoms with Crippen molar-refractivity contribution in [1.82, 2.24) is 0 Å². The number of aliphatic hydroxyl groups is 12. The number of hydrogen-bond acceptors (Lipinski definition) is 19. The van der Waals surface area contributed by atoms with Crippen LogP contribution >= 0.6 is 0 Å². The molecule has 0 radical (unpaired) electrons. The van der Waals surface area contributed by atoms with Crippen LogP contribution < -0.4 is 0 Å². The molecule has 0 bridgehead atoms. The van der Waals surface area contributed by atoms with E-state index in [1.54, 1.807) is 0 Å². The van der Waals surface area contributed by atoms with E-state index in [0.717, 1.165) is 44.9 Å². The average molecular weight is 921 g/mol. The Morgan fingerprint density at radius 1 is 0.625 bits per heavy atom. The third-order valence-electron chi connectivity index (χ3n) is 18.0. The van der Waals surface area contributed by atoms with Crippen molar-refractivity contribution in [2.24, 2.45) is 52.3 Å². The van der Waals surface area contributed by atoms with Crippen LogP contribution in [0, 0.1) is 52.3 Å². The largest absolute Gasteiger partial charge is 0.394 e. The Morgan fingerprint density at radius 3 is 1.84 bits per heavy atom. The van der Waals surface area contributed by atoms with Crippen molar-refractivity contribution in [3.8, 4) is 0 Å². The molecule has 8 fully saturated rings. The van der Waals surface area contributed by atoms with Crippen molar-refractivity contribution >= 4 is 0 Å². The molecule has 370 valence electrons. The summed E-state index contributed by atoms with van der Waals surface area (Å²) in [6.07, 6.45) is -13.7. The van der Waals surface area contributed by atoms with E-state index in [-0.39, 0.29) is 47.4 Å². The molecule has 4 saturated heterocycles. The lowest BCUT2D eigenvalue weighted by atomic mass is 9.44. The highest BCUT2D eigenvalue weighted by Gasteiger charge is 2.68. The van der Waals surface area contributed by atoms with Crippen molar-refractivity contribution in [1.29, 1.82) is 0 Å². The zero-order chi connectivity index (χ0) is 46.2. The first kappa shape index (κ1) is 49.7. The minimum Gasteiger partial charge on any atom is -0.394 e. The van der Waals surface area contributed by atoms with Crippen LogP contribution in [0.3, 0.4) is 0 Å². The van der Waals surface area contributed by atoms with Crippen molar-refractivity contribution in [2.75, 3.05) is 26.4 Å². The molecule has 12 N–H and O–H groups in total. The molecule has 8 aliphatic rings. The van der Waals surface area contributed by atoms with Crippen LogP contribution in [0.25, 0.3) is 0 Å². The predicted molar refractivity (Wildman–Crippen MR) is 219 cm³/mol. The van der Waals surface area contributed by atoms with Gasteiger partial charge in [0.05, 0.1) is 38.6 Å². The van der Waals surface area contributed by atoms with Gasteiger partial charge in [-0.25, -0.2) is 0 Å². The van der Waals surface area contributed by atoms with Crippen LogP contribution in [0.5, 0.6) is 0 Å². The molecule has 0 aromatic heterocycles. The molecule has 4 heterocycles. The van der Waals surface area contributed by atoms with Crippen LogP contribution in [0.2, 0.25) is 0 Å². The number of aliphatic hydroxyl groups excluding tert-OH is 11. The molecule has 0 spiro atoms. The second kappa shape index (κ2) is 19.2. The zero-order valence-electron chi connectivity index (χ0n) is 37.5. The SMILES string of the molecule is C[C@H](CCC1(O)O[C@H]2C[C@H]3[C@@H]4CC[C@@H]5C[C@@H](O[C@@H]6O[C@H](CO)[C@H](O)[C@H](O)[C@H]6O[C@@H]6O[C@H](CO)[C@@H](O)[C@H](O)[C@H]6O)CC[C@]5(C)[C@H]4CC[C@]3(C)[C@H]2[C@@H]1C)CO[C@@H]1O[C@H](CO)[C@@H](O)[C@H](O)[C@H]1O. The van der Waals surface area contributed by atoms with Crippen LogP contribution in [0.15, 0.2) is 0 Å². The first-order valence-corrected chi connectivity index (χ1v) is 23.9. The summed E-state index contributed by atoms with van der Waals surface area (Å²) in [6.45, 7) is 7.28. The highest BCUT2D eigenvalue weighted by molar-refractivity contribution is 5.15. The predicted octanol–water partition coefficient (Wildman–Crippen LogP) is -1.78. The second-order valence-electron chi connectivity index (χ2n) is 21.5. The van der Waals surface area contributed by atoms with E-state index < -0.39 is 118 Å². The summed E-state index contributed by atoms with van der Waals surface area (Å²) in [7, 11) is 0. The third-order valence-corrected chi connectivity index (χ3v) is 18.0. The summed E-state index contributed by atoms with van der Waals surface area (Å²) >= 11 is 0. The normalized spacial score (nSPS) is 55.6. The molecule has 8 rings (SSSR count). The molecule has 64 heavy (non-hydrogen) atoms. The first-order chi connectivity index (χ1) is 30.3. The minimum atomic E-state index is -1.75. The molecular formula is C45H76O19. The standard InChI is InChI=1S/C45H76O19/c1-19(18-58-40-37(55)34(52)31(49)27(15-46)60-40)7-12-45(57)20(2)30-26(64-45)14-25-23-6-5-21-13-22(8-10-43(21,3)24(23)9-11-44(25,30)4)59-42-39(36(54)33(51)29(17-48)62-42)63-41-38(56)35(53)32(50)28(16-47)61-41/h19-42,46-57H,5-18H2,1-4H3/t19-,20+,21-,22+,23-,24+,25+,26+,27-,28-,29-,30+,31-,32-,33+,34+,35+,36+,37-,38-,39-,40-,41+,42-,43+,44+,45?/m1/s1. The minimum absolute atomic E-state index is 0.00000712. The van der Waals surface area contributed by atoms with Gasteiger partial charge in [-0.05, 0) is 104 Å². The van der Waals surface area contributed by atoms with Gasteiger partial charge in [0, 0.05) is 12.3 Å². The molecule has 4 saturated carbocycles. The van der Waals surface area contributed by atoms with Crippen LogP contribution in [-0.2, 0) is 33.2 Å². The van der Waals surface area contributed by atoms with Crippen molar-refractivity contribution in [3.63, 3.8) is 0 Å². The van der Waals surface area contributed by atoms with Gasteiger partial charge in [-0.2, -0.15) is 0 Å². The fourth-order valence-corrected chi connectivity index (χ4v) is 14.2. The first-order valence-electron chi connectivity index (χ1n) is 23.9. The molecule has 4 aliphatic heterocycles. The van der Waals surface area contributed by atoms with Gasteiger partial charge >= 0.3 is 0 Å². The number of fused-ring (bicyclic) bond motifs is 7. The smallest absolute Gasteiger partial charge is 0.187 e. The molecule has 4 aliphatic carbocycles. The van der Waals surface area contributed by atoms with Gasteiger partial charge in [0.25, 0.3) is 0 Å². The van der Waals surface area contributed by atoms with Gasteiger partial charge in [0.1, 0.15) is 73.2 Å². The molecule has 0 aromatic rings. The Morgan fingerprint density at radius 2 is 1.20 bits per heavy atom. The maximum absolute atomic E-state index is 12.1. The highest BCUT2D eigenvalue weighted by Crippen LogP contribution is 2.71. The van der Waals surface area contributed by atoms with Crippen LogP contribution in [0.1, 0.15) is 91.9 Å². The van der Waals surface area contributed by atoms with E-state index in [1.807, 2.05) is 6.92 Å². The quantitative estimate of drug-likeness (QED) is 0.0909. The molecule has 27 atom stereocenters. The number of ether oxygens (including phenoxy) is 7. The van der Waals surface area contributed by atoms with E-state index in [9.17, 15) is 61.3 Å². The van der Waals surface area contributed by atoms with E-state index in [2.05, 4.69) is 20.8 Å². The topological polar surface area (TPSA) is 307 Å². The van der Waals surface area contributed by atoms with E-state index in [4.69, 9.17) is 33.2 Å². The van der Waals surface area contributed by atoms with Gasteiger partial charge in [0.2, 0.25) is 0 Å². The summed E-state index contributed by atoms with van der Waals surface area (Å²) < 4.78 is 42.0. The maximum atomic E-state index is 12.1. The summed E-state index contributed by atoms with van der Waals surface area (Å²) in [4.78, 5) is 0. The Kier molecular flexibility index (Phi) is 14.9. The van der Waals surface area contributed by atoms with Gasteiger partial charge in [-0.3, -0.25) is 0 Å². The number of rotatable bonds is 13. The average Bonchev–Trinajstić information content (AvgIpc) is 3.71. The molecule has 1 unspecified atom stereocenters. The summed E-state index contributed by atoms with van der Waals surface area (Å²) in [6, 6.07) is 0. The van der Waals surface area contributed by atoms with Crippen molar-refractivity contribution in [3.05, 3.63) is 0 Å². The monoisotopic (exact) mass is 920 g/mol. The Bertz CT molecular complexity index is 1560. The fourth-order valence-electron chi connectivity index (χ4n) is 14.2. The van der Waals surface area contributed by atoms with Crippen molar-refractivity contribution in [2.45, 2.75) is 202 Å². The van der Waals surface area contributed by atoms with Crippen molar-refractivity contribution < 1.29 is 94.4 Å².